The van der Waals surface area contributed by atoms with Crippen LogP contribution in [0, 0.1) is 0 Å². The topological polar surface area (TPSA) is 153 Å². The fourth-order valence-electron chi connectivity index (χ4n) is 4.19. The molecule has 0 aliphatic heterocycles. The zero-order valence-corrected chi connectivity index (χ0v) is 17.5. The number of benzene rings is 1. The number of hydrogen-bond acceptors (Lipinski definition) is 9. The van der Waals surface area contributed by atoms with Gasteiger partial charge in [-0.3, -0.25) is 4.79 Å². The number of ether oxygens (including phenoxy) is 1. The summed E-state index contributed by atoms with van der Waals surface area (Å²) in [5.41, 5.74) is 6.20. The van der Waals surface area contributed by atoms with E-state index in [1.807, 2.05) is 35.2 Å². The number of carbonyl (C=O) groups is 2. The Morgan fingerprint density at radius 2 is 1.91 bits per heavy atom. The van der Waals surface area contributed by atoms with E-state index in [0.717, 1.165) is 5.69 Å². The molecule has 1 aromatic carbocycles. The highest BCUT2D eigenvalue weighted by molar-refractivity contribution is 5.91. The number of nitrogens with two attached hydrogens (primary N) is 1. The van der Waals surface area contributed by atoms with Crippen molar-refractivity contribution in [2.45, 2.75) is 37.3 Å². The van der Waals surface area contributed by atoms with Gasteiger partial charge < -0.3 is 19.8 Å². The molecule has 0 atom stereocenters. The quantitative estimate of drug-likeness (QED) is 0.424. The van der Waals surface area contributed by atoms with E-state index in [4.69, 9.17) is 14.9 Å². The van der Waals surface area contributed by atoms with Crippen molar-refractivity contribution in [2.24, 2.45) is 5.73 Å². The van der Waals surface area contributed by atoms with E-state index < -0.39 is 17.5 Å². The first kappa shape index (κ1) is 20.6. The van der Waals surface area contributed by atoms with Crippen LogP contribution in [0.3, 0.4) is 0 Å². The van der Waals surface area contributed by atoms with Gasteiger partial charge in [-0.1, -0.05) is 18.2 Å². The highest BCUT2D eigenvalue weighted by Crippen LogP contribution is 2.38. The lowest BCUT2D eigenvalue weighted by Crippen LogP contribution is -2.52. The molecule has 0 unspecified atom stereocenters. The van der Waals surface area contributed by atoms with Gasteiger partial charge in [-0.2, -0.15) is 15.3 Å². The number of primary amides is 1. The summed E-state index contributed by atoms with van der Waals surface area (Å²) in [4.78, 5) is 35.9. The van der Waals surface area contributed by atoms with Gasteiger partial charge in [-0.05, 0) is 49.9 Å². The van der Waals surface area contributed by atoms with Crippen LogP contribution in [0.1, 0.15) is 36.2 Å². The molecule has 3 N–H and O–H groups in total. The number of H-pyrrole nitrogens is 1. The van der Waals surface area contributed by atoms with Crippen LogP contribution >= 0.6 is 0 Å². The molecule has 11 nitrogen and oxygen atoms in total. The second kappa shape index (κ2) is 8.34. The van der Waals surface area contributed by atoms with E-state index >= 15 is 0 Å². The summed E-state index contributed by atoms with van der Waals surface area (Å²) in [5, 5.41) is 10.6. The van der Waals surface area contributed by atoms with Gasteiger partial charge in [0.15, 0.2) is 5.60 Å². The molecule has 1 saturated carbocycles. The van der Waals surface area contributed by atoms with Crippen LogP contribution in [0.15, 0.2) is 59.3 Å². The number of para-hydroxylation sites is 1. The van der Waals surface area contributed by atoms with Crippen molar-refractivity contribution in [2.75, 3.05) is 4.90 Å². The van der Waals surface area contributed by atoms with Gasteiger partial charge in [0, 0.05) is 11.7 Å². The van der Waals surface area contributed by atoms with Gasteiger partial charge >= 0.3 is 5.97 Å². The van der Waals surface area contributed by atoms with Crippen LogP contribution < -0.4 is 10.6 Å². The summed E-state index contributed by atoms with van der Waals surface area (Å²) in [6.45, 7) is 0. The number of rotatable bonds is 6. The molecule has 5 rings (SSSR count). The van der Waals surface area contributed by atoms with E-state index in [-0.39, 0.29) is 24.6 Å². The van der Waals surface area contributed by atoms with Crippen LogP contribution in [0.2, 0.25) is 0 Å². The third-order valence-corrected chi connectivity index (χ3v) is 5.90. The molecule has 33 heavy (non-hydrogen) atoms. The predicted octanol–water partition coefficient (Wildman–Crippen LogP) is 2.50. The molecule has 3 heterocycles. The van der Waals surface area contributed by atoms with Crippen LogP contribution in [0.25, 0.3) is 11.2 Å². The number of hydrogen-bond donors (Lipinski definition) is 2. The summed E-state index contributed by atoms with van der Waals surface area (Å²) in [7, 11) is 0. The van der Waals surface area contributed by atoms with Crippen molar-refractivity contribution in [1.29, 1.82) is 0 Å². The molecular weight excluding hydrogens is 426 g/mol. The standard InChI is InChI=1S/C22H21N7O4/c23-20(31)22(33-19(30)17-7-4-12-32-17)10-8-15(9-11-22)29(14-5-2-1-3-6-14)21-24-13-16-18(25-21)27-28-26-16/h1-7,12-13,15H,8-11H2,(H2,23,31)(H,24,25,26,27,28). The average molecular weight is 447 g/mol. The number of aromatic nitrogens is 5. The Morgan fingerprint density at radius 3 is 2.61 bits per heavy atom. The lowest BCUT2D eigenvalue weighted by molar-refractivity contribution is -0.141. The van der Waals surface area contributed by atoms with E-state index in [9.17, 15) is 9.59 Å². The molecule has 1 aliphatic rings. The van der Waals surface area contributed by atoms with Crippen molar-refractivity contribution in [3.63, 3.8) is 0 Å². The van der Waals surface area contributed by atoms with Crippen molar-refractivity contribution in [3.05, 3.63) is 60.7 Å². The predicted molar refractivity (Wildman–Crippen MR) is 116 cm³/mol. The van der Waals surface area contributed by atoms with E-state index in [2.05, 4.69) is 25.4 Å². The minimum absolute atomic E-state index is 0.0259. The number of furan rings is 1. The van der Waals surface area contributed by atoms with Gasteiger partial charge in [0.25, 0.3) is 5.91 Å². The SMILES string of the molecule is NC(=O)C1(OC(=O)c2ccco2)CCC(N(c2ccccc2)c2ncc3n[nH]nc3n2)CC1. The maximum absolute atomic E-state index is 12.5. The van der Waals surface area contributed by atoms with Gasteiger partial charge in [0.2, 0.25) is 17.4 Å². The summed E-state index contributed by atoms with van der Waals surface area (Å²) < 4.78 is 10.7. The van der Waals surface area contributed by atoms with E-state index in [0.29, 0.717) is 30.0 Å². The first-order chi connectivity index (χ1) is 16.1. The van der Waals surface area contributed by atoms with Crippen LogP contribution in [0.4, 0.5) is 11.6 Å². The fraction of sp³-hybridized carbons (Fsp3) is 0.273. The summed E-state index contributed by atoms with van der Waals surface area (Å²) in [6, 6.07) is 12.7. The monoisotopic (exact) mass is 447 g/mol. The van der Waals surface area contributed by atoms with E-state index in [1.165, 1.54) is 12.3 Å². The Balaban J connectivity index is 1.42. The van der Waals surface area contributed by atoms with Crippen LogP contribution in [-0.2, 0) is 9.53 Å². The van der Waals surface area contributed by atoms with Crippen LogP contribution in [-0.4, -0.2) is 48.9 Å². The molecule has 3 aromatic heterocycles. The summed E-state index contributed by atoms with van der Waals surface area (Å²) in [6.07, 6.45) is 4.53. The molecule has 4 aromatic rings. The number of esters is 1. The van der Waals surface area contributed by atoms with Crippen molar-refractivity contribution in [1.82, 2.24) is 25.4 Å². The van der Waals surface area contributed by atoms with E-state index in [1.54, 1.807) is 12.3 Å². The molecule has 0 spiro atoms. The number of aromatic amines is 1. The highest BCUT2D eigenvalue weighted by Gasteiger charge is 2.46. The summed E-state index contributed by atoms with van der Waals surface area (Å²) >= 11 is 0. The maximum Gasteiger partial charge on any atom is 0.375 e. The minimum Gasteiger partial charge on any atom is -0.457 e. The number of anilines is 2. The van der Waals surface area contributed by atoms with Gasteiger partial charge in [-0.15, -0.1) is 5.10 Å². The number of fused-ring (bicyclic) bond motifs is 1. The Morgan fingerprint density at radius 1 is 1.12 bits per heavy atom. The van der Waals surface area contributed by atoms with Gasteiger partial charge in [0.05, 0.1) is 12.5 Å². The maximum atomic E-state index is 12.5. The average Bonchev–Trinajstić information content (AvgIpc) is 3.53. The molecule has 1 fully saturated rings. The largest absolute Gasteiger partial charge is 0.457 e. The Labute approximate surface area is 187 Å². The molecular formula is C22H21N7O4. The summed E-state index contributed by atoms with van der Waals surface area (Å²) in [5.74, 6) is -0.894. The van der Waals surface area contributed by atoms with Crippen LogP contribution in [0.5, 0.6) is 0 Å². The molecule has 11 heteroatoms. The first-order valence-electron chi connectivity index (χ1n) is 10.5. The highest BCUT2D eigenvalue weighted by atomic mass is 16.6. The zero-order chi connectivity index (χ0) is 22.8. The van der Waals surface area contributed by atoms with Gasteiger partial charge in [-0.25, -0.2) is 9.78 Å². The van der Waals surface area contributed by atoms with Gasteiger partial charge in [0.1, 0.15) is 5.52 Å². The molecule has 1 aliphatic carbocycles. The third kappa shape index (κ3) is 3.88. The molecule has 0 saturated heterocycles. The molecule has 0 radical (unpaired) electrons. The third-order valence-electron chi connectivity index (χ3n) is 5.90. The lowest BCUT2D eigenvalue weighted by Gasteiger charge is -2.41. The Hall–Kier alpha value is -4.28. The number of carbonyl (C=O) groups excluding carboxylic acids is 2. The van der Waals surface area contributed by atoms with Crippen molar-refractivity contribution in [3.8, 4) is 0 Å². The normalized spacial score (nSPS) is 20.4. The lowest BCUT2D eigenvalue weighted by atomic mass is 9.80. The number of nitrogens with one attached hydrogen (secondary N) is 1. The fourth-order valence-corrected chi connectivity index (χ4v) is 4.19. The number of amides is 1. The van der Waals surface area contributed by atoms with Crippen molar-refractivity contribution >= 4 is 34.7 Å². The second-order valence-corrected chi connectivity index (χ2v) is 7.86. The second-order valence-electron chi connectivity index (χ2n) is 7.86. The number of nitrogens with zero attached hydrogens (tertiary/aromatic N) is 5. The molecule has 168 valence electrons. The Kier molecular flexibility index (Phi) is 5.21. The first-order valence-corrected chi connectivity index (χ1v) is 10.5. The van der Waals surface area contributed by atoms with Crippen molar-refractivity contribution < 1.29 is 18.7 Å². The minimum atomic E-state index is -1.40. The molecule has 0 bridgehead atoms. The molecule has 1 amide bonds. The smallest absolute Gasteiger partial charge is 0.375 e. The Bertz CT molecular complexity index is 1260. The zero-order valence-electron chi connectivity index (χ0n) is 17.5.